The fourth-order valence-electron chi connectivity index (χ4n) is 1.77. The van der Waals surface area contributed by atoms with E-state index in [0.717, 1.165) is 4.88 Å². The Morgan fingerprint density at radius 3 is 2.75 bits per heavy atom. The van der Waals surface area contributed by atoms with Crippen molar-refractivity contribution in [3.05, 3.63) is 46.8 Å². The Balaban J connectivity index is 2.00. The number of amides is 2. The molecule has 2 aromatic rings. The van der Waals surface area contributed by atoms with E-state index >= 15 is 0 Å². The van der Waals surface area contributed by atoms with Crippen LogP contribution < -0.4 is 10.6 Å². The Kier molecular flexibility index (Phi) is 4.84. The number of carbonyl (C=O) groups excluding carboxylic acids is 2. The van der Waals surface area contributed by atoms with Crippen molar-refractivity contribution >= 4 is 29.0 Å². The van der Waals surface area contributed by atoms with Crippen molar-refractivity contribution in [2.45, 2.75) is 19.4 Å². The van der Waals surface area contributed by atoms with Crippen LogP contribution in [-0.2, 0) is 9.59 Å². The first-order valence-electron chi connectivity index (χ1n) is 6.16. The SMILES string of the molecule is CC(=O)N[C@H](CC(=O)Nc1ccccn1)c1cccs1. The Labute approximate surface area is 121 Å². The van der Waals surface area contributed by atoms with Gasteiger partial charge in [0, 0.05) is 18.0 Å². The molecule has 0 aliphatic heterocycles. The molecule has 0 aliphatic carbocycles. The first kappa shape index (κ1) is 14.2. The molecule has 0 unspecified atom stereocenters. The summed E-state index contributed by atoms with van der Waals surface area (Å²) < 4.78 is 0. The first-order valence-corrected chi connectivity index (χ1v) is 7.04. The number of hydrogen-bond acceptors (Lipinski definition) is 4. The molecule has 20 heavy (non-hydrogen) atoms. The van der Waals surface area contributed by atoms with Crippen molar-refractivity contribution < 1.29 is 9.59 Å². The molecule has 5 nitrogen and oxygen atoms in total. The van der Waals surface area contributed by atoms with Crippen molar-refractivity contribution in [2.75, 3.05) is 5.32 Å². The lowest BCUT2D eigenvalue weighted by Crippen LogP contribution is -2.29. The maximum Gasteiger partial charge on any atom is 0.227 e. The number of anilines is 1. The minimum atomic E-state index is -0.309. The standard InChI is InChI=1S/C14H15N3O2S/c1-10(18)16-11(12-5-4-8-20-12)9-14(19)17-13-6-2-3-7-15-13/h2-8,11H,9H2,1H3,(H,16,18)(H,15,17,19)/t11-/m1/s1. The van der Waals surface area contributed by atoms with Crippen LogP contribution in [0.1, 0.15) is 24.3 Å². The molecule has 2 heterocycles. The largest absolute Gasteiger partial charge is 0.348 e. The van der Waals surface area contributed by atoms with E-state index in [2.05, 4.69) is 15.6 Å². The van der Waals surface area contributed by atoms with Gasteiger partial charge in [-0.2, -0.15) is 0 Å². The number of rotatable bonds is 5. The lowest BCUT2D eigenvalue weighted by molar-refractivity contribution is -0.120. The molecule has 0 spiro atoms. The van der Waals surface area contributed by atoms with Gasteiger partial charge in [-0.15, -0.1) is 11.3 Å². The zero-order valence-corrected chi connectivity index (χ0v) is 11.8. The van der Waals surface area contributed by atoms with E-state index in [1.54, 1.807) is 24.4 Å². The van der Waals surface area contributed by atoms with Crippen molar-refractivity contribution in [2.24, 2.45) is 0 Å². The average molecular weight is 289 g/mol. The topological polar surface area (TPSA) is 71.1 Å². The Morgan fingerprint density at radius 2 is 2.15 bits per heavy atom. The number of aromatic nitrogens is 1. The van der Waals surface area contributed by atoms with Crippen LogP contribution in [0, 0.1) is 0 Å². The molecule has 0 saturated heterocycles. The third-order valence-corrected chi connectivity index (χ3v) is 3.57. The molecule has 104 valence electrons. The molecular formula is C14H15N3O2S. The van der Waals surface area contributed by atoms with E-state index in [4.69, 9.17) is 0 Å². The monoisotopic (exact) mass is 289 g/mol. The predicted molar refractivity (Wildman–Crippen MR) is 78.4 cm³/mol. The highest BCUT2D eigenvalue weighted by molar-refractivity contribution is 7.10. The summed E-state index contributed by atoms with van der Waals surface area (Å²) in [5.41, 5.74) is 0. The van der Waals surface area contributed by atoms with Gasteiger partial charge in [0.05, 0.1) is 12.5 Å². The van der Waals surface area contributed by atoms with Crippen LogP contribution in [0.25, 0.3) is 0 Å². The summed E-state index contributed by atoms with van der Waals surface area (Å²) in [6.07, 6.45) is 1.79. The number of hydrogen-bond donors (Lipinski definition) is 2. The van der Waals surface area contributed by atoms with Crippen molar-refractivity contribution in [1.82, 2.24) is 10.3 Å². The van der Waals surface area contributed by atoms with E-state index in [0.29, 0.717) is 5.82 Å². The van der Waals surface area contributed by atoms with E-state index in [1.807, 2.05) is 17.5 Å². The highest BCUT2D eigenvalue weighted by Crippen LogP contribution is 2.22. The number of carbonyl (C=O) groups is 2. The molecule has 2 N–H and O–H groups in total. The van der Waals surface area contributed by atoms with Crippen molar-refractivity contribution in [1.29, 1.82) is 0 Å². The lowest BCUT2D eigenvalue weighted by atomic mass is 10.1. The van der Waals surface area contributed by atoms with Gasteiger partial charge in [0.1, 0.15) is 5.82 Å². The molecular weight excluding hydrogens is 274 g/mol. The quantitative estimate of drug-likeness (QED) is 0.887. The highest BCUT2D eigenvalue weighted by Gasteiger charge is 2.18. The summed E-state index contributed by atoms with van der Waals surface area (Å²) in [5.74, 6) is 0.162. The average Bonchev–Trinajstić information content (AvgIpc) is 2.92. The molecule has 2 amide bonds. The Bertz CT molecular complexity index is 569. The van der Waals surface area contributed by atoms with Crippen molar-refractivity contribution in [3.8, 4) is 0 Å². The molecule has 6 heteroatoms. The third-order valence-electron chi connectivity index (χ3n) is 2.59. The van der Waals surface area contributed by atoms with Crippen LogP contribution in [0.5, 0.6) is 0 Å². The summed E-state index contributed by atoms with van der Waals surface area (Å²) in [5, 5.41) is 7.42. The molecule has 0 saturated carbocycles. The van der Waals surface area contributed by atoms with Gasteiger partial charge in [0.15, 0.2) is 0 Å². The summed E-state index contributed by atoms with van der Waals surface area (Å²) in [7, 11) is 0. The van der Waals surface area contributed by atoms with Crippen LogP contribution in [0.4, 0.5) is 5.82 Å². The zero-order valence-electron chi connectivity index (χ0n) is 11.0. The van der Waals surface area contributed by atoms with Gasteiger partial charge >= 0.3 is 0 Å². The Hall–Kier alpha value is -2.21. The number of nitrogens with one attached hydrogen (secondary N) is 2. The van der Waals surface area contributed by atoms with E-state index in [9.17, 15) is 9.59 Å². The first-order chi connectivity index (χ1) is 9.65. The maximum atomic E-state index is 12.0. The predicted octanol–water partition coefficient (Wildman–Crippen LogP) is 2.35. The molecule has 0 fully saturated rings. The van der Waals surface area contributed by atoms with Crippen LogP contribution >= 0.6 is 11.3 Å². The summed E-state index contributed by atoms with van der Waals surface area (Å²) >= 11 is 1.51. The molecule has 1 atom stereocenters. The molecule has 2 rings (SSSR count). The minimum absolute atomic E-state index is 0.158. The van der Waals surface area contributed by atoms with Crippen molar-refractivity contribution in [3.63, 3.8) is 0 Å². The summed E-state index contributed by atoms with van der Waals surface area (Å²) in [6, 6.07) is 8.78. The summed E-state index contributed by atoms with van der Waals surface area (Å²) in [4.78, 5) is 28.2. The molecule has 0 aliphatic rings. The van der Waals surface area contributed by atoms with Gasteiger partial charge in [-0.05, 0) is 23.6 Å². The van der Waals surface area contributed by atoms with Crippen LogP contribution in [-0.4, -0.2) is 16.8 Å². The highest BCUT2D eigenvalue weighted by atomic mass is 32.1. The van der Waals surface area contributed by atoms with E-state index in [1.165, 1.54) is 18.3 Å². The fourth-order valence-corrected chi connectivity index (χ4v) is 2.55. The third kappa shape index (κ3) is 4.17. The zero-order chi connectivity index (χ0) is 14.4. The molecule has 0 aromatic carbocycles. The number of thiophene rings is 1. The summed E-state index contributed by atoms with van der Waals surface area (Å²) in [6.45, 7) is 1.44. The second-order valence-electron chi connectivity index (χ2n) is 4.24. The van der Waals surface area contributed by atoms with Gasteiger partial charge in [-0.25, -0.2) is 4.98 Å². The minimum Gasteiger partial charge on any atom is -0.348 e. The lowest BCUT2D eigenvalue weighted by Gasteiger charge is -2.16. The van der Waals surface area contributed by atoms with Gasteiger partial charge < -0.3 is 10.6 Å². The van der Waals surface area contributed by atoms with Gasteiger partial charge in [-0.1, -0.05) is 12.1 Å². The molecule has 0 radical (unpaired) electrons. The van der Waals surface area contributed by atoms with Crippen LogP contribution in [0.2, 0.25) is 0 Å². The van der Waals surface area contributed by atoms with E-state index < -0.39 is 0 Å². The smallest absolute Gasteiger partial charge is 0.227 e. The van der Waals surface area contributed by atoms with Crippen LogP contribution in [0.3, 0.4) is 0 Å². The normalized spacial score (nSPS) is 11.7. The number of nitrogens with zero attached hydrogens (tertiary/aromatic N) is 1. The maximum absolute atomic E-state index is 12.0. The fraction of sp³-hybridized carbons (Fsp3) is 0.214. The van der Waals surface area contributed by atoms with E-state index in [-0.39, 0.29) is 24.3 Å². The van der Waals surface area contributed by atoms with Gasteiger partial charge in [-0.3, -0.25) is 9.59 Å². The Morgan fingerprint density at radius 1 is 1.30 bits per heavy atom. The molecule has 2 aromatic heterocycles. The van der Waals surface area contributed by atoms with Gasteiger partial charge in [0.25, 0.3) is 0 Å². The second kappa shape index (κ2) is 6.81. The molecule has 0 bridgehead atoms. The second-order valence-corrected chi connectivity index (χ2v) is 5.22. The van der Waals surface area contributed by atoms with Crippen LogP contribution in [0.15, 0.2) is 41.9 Å². The number of pyridine rings is 1. The van der Waals surface area contributed by atoms with Gasteiger partial charge in [0.2, 0.25) is 11.8 Å².